The Morgan fingerprint density at radius 1 is 0.964 bits per heavy atom. The third-order valence-corrected chi connectivity index (χ3v) is 6.19. The van der Waals surface area contributed by atoms with Gasteiger partial charge in [0, 0.05) is 46.4 Å². The Balaban J connectivity index is 1.27. The molecule has 1 unspecified atom stereocenters. The van der Waals surface area contributed by atoms with Crippen LogP contribution < -0.4 is 5.32 Å². The lowest BCUT2D eigenvalue weighted by molar-refractivity contribution is -0.142. The normalized spacial score (nSPS) is 24.6. The molecule has 7 heteroatoms. The molecule has 28 heavy (non-hydrogen) atoms. The predicted molar refractivity (Wildman–Crippen MR) is 113 cm³/mol. The molecule has 3 rings (SSSR count). The van der Waals surface area contributed by atoms with E-state index in [9.17, 15) is 4.79 Å². The van der Waals surface area contributed by atoms with Crippen LogP contribution in [0.5, 0.6) is 0 Å². The molecule has 0 spiro atoms. The molecule has 0 aliphatic carbocycles. The molecule has 1 amide bonds. The summed E-state index contributed by atoms with van der Waals surface area (Å²) in [6.45, 7) is 8.76. The summed E-state index contributed by atoms with van der Waals surface area (Å²) in [5.74, 6) is 1.15. The van der Waals surface area contributed by atoms with E-state index in [1.54, 1.807) is 0 Å². The van der Waals surface area contributed by atoms with Crippen LogP contribution >= 0.6 is 0 Å². The van der Waals surface area contributed by atoms with Crippen LogP contribution in [0.15, 0.2) is 4.99 Å². The second-order valence-corrected chi connectivity index (χ2v) is 8.25. The number of amides is 1. The van der Waals surface area contributed by atoms with Gasteiger partial charge in [0.15, 0.2) is 5.96 Å². The quantitative estimate of drug-likeness (QED) is 0.404. The van der Waals surface area contributed by atoms with E-state index >= 15 is 0 Å². The van der Waals surface area contributed by atoms with Gasteiger partial charge in [0.05, 0.1) is 0 Å². The van der Waals surface area contributed by atoms with Crippen LogP contribution in [0.25, 0.3) is 0 Å². The summed E-state index contributed by atoms with van der Waals surface area (Å²) >= 11 is 0. The molecule has 3 fully saturated rings. The first-order chi connectivity index (χ1) is 13.8. The summed E-state index contributed by atoms with van der Waals surface area (Å²) in [5, 5.41) is 3.51. The zero-order chi connectivity index (χ0) is 19.6. The van der Waals surface area contributed by atoms with Crippen molar-refractivity contribution < 1.29 is 9.53 Å². The van der Waals surface area contributed by atoms with Crippen molar-refractivity contribution in [2.24, 2.45) is 4.99 Å². The monoisotopic (exact) mass is 393 g/mol. The van der Waals surface area contributed by atoms with Crippen LogP contribution in [-0.2, 0) is 9.53 Å². The highest BCUT2D eigenvalue weighted by Crippen LogP contribution is 2.16. The first-order valence-corrected chi connectivity index (χ1v) is 11.4. The summed E-state index contributed by atoms with van der Waals surface area (Å²) in [7, 11) is 1.85. The van der Waals surface area contributed by atoms with E-state index in [4.69, 9.17) is 4.74 Å². The van der Waals surface area contributed by atoms with Crippen molar-refractivity contribution >= 4 is 11.9 Å². The van der Waals surface area contributed by atoms with Gasteiger partial charge in [-0.15, -0.1) is 0 Å². The second-order valence-electron chi connectivity index (χ2n) is 8.25. The van der Waals surface area contributed by atoms with Crippen molar-refractivity contribution in [1.82, 2.24) is 20.0 Å². The Morgan fingerprint density at radius 3 is 2.39 bits per heavy atom. The molecule has 3 heterocycles. The second kappa shape index (κ2) is 11.6. The summed E-state index contributed by atoms with van der Waals surface area (Å²) in [6, 6.07) is 0. The van der Waals surface area contributed by atoms with E-state index in [0.29, 0.717) is 0 Å². The molecular weight excluding hydrogens is 354 g/mol. The first kappa shape index (κ1) is 21.4. The molecular formula is C21H39N5O2. The number of carbonyl (C=O) groups excluding carboxylic acids is 1. The van der Waals surface area contributed by atoms with Gasteiger partial charge in [-0.2, -0.15) is 0 Å². The number of rotatable bonds is 7. The number of hydrogen-bond acceptors (Lipinski definition) is 4. The van der Waals surface area contributed by atoms with Gasteiger partial charge in [-0.1, -0.05) is 12.8 Å². The molecule has 0 radical (unpaired) electrons. The zero-order valence-electron chi connectivity index (χ0n) is 17.7. The average molecular weight is 394 g/mol. The number of nitrogens with zero attached hydrogens (tertiary/aromatic N) is 4. The van der Waals surface area contributed by atoms with Gasteiger partial charge in [0.25, 0.3) is 5.91 Å². The number of carbonyl (C=O) groups is 1. The van der Waals surface area contributed by atoms with Crippen molar-refractivity contribution in [2.75, 3.05) is 66.0 Å². The van der Waals surface area contributed by atoms with E-state index in [-0.39, 0.29) is 12.0 Å². The smallest absolute Gasteiger partial charge is 0.251 e. The van der Waals surface area contributed by atoms with Gasteiger partial charge >= 0.3 is 0 Å². The van der Waals surface area contributed by atoms with Crippen LogP contribution in [0, 0.1) is 0 Å². The van der Waals surface area contributed by atoms with E-state index < -0.39 is 0 Å². The van der Waals surface area contributed by atoms with Gasteiger partial charge in [-0.3, -0.25) is 9.79 Å². The lowest BCUT2D eigenvalue weighted by atomic mass is 10.1. The van der Waals surface area contributed by atoms with Gasteiger partial charge in [0.1, 0.15) is 6.10 Å². The Bertz CT molecular complexity index is 493. The Hall–Kier alpha value is -1.34. The van der Waals surface area contributed by atoms with Crippen LogP contribution in [-0.4, -0.2) is 98.7 Å². The highest BCUT2D eigenvalue weighted by atomic mass is 16.5. The average Bonchev–Trinajstić information content (AvgIpc) is 3.29. The van der Waals surface area contributed by atoms with Crippen LogP contribution in [0.2, 0.25) is 0 Å². The highest BCUT2D eigenvalue weighted by Gasteiger charge is 2.30. The van der Waals surface area contributed by atoms with E-state index in [2.05, 4.69) is 20.1 Å². The van der Waals surface area contributed by atoms with Crippen molar-refractivity contribution in [3.8, 4) is 0 Å². The molecule has 1 atom stereocenters. The molecule has 0 bridgehead atoms. The minimum absolute atomic E-state index is 0.175. The van der Waals surface area contributed by atoms with Gasteiger partial charge < -0.3 is 24.8 Å². The molecule has 0 aromatic heterocycles. The molecule has 7 nitrogen and oxygen atoms in total. The number of likely N-dealkylation sites (tertiary alicyclic amines) is 1. The fraction of sp³-hybridized carbons (Fsp3) is 0.905. The number of piperidine rings is 1. The topological polar surface area (TPSA) is 60.4 Å². The van der Waals surface area contributed by atoms with E-state index in [0.717, 1.165) is 58.1 Å². The summed E-state index contributed by atoms with van der Waals surface area (Å²) < 4.78 is 5.54. The fourth-order valence-electron chi connectivity index (χ4n) is 4.47. The maximum absolute atomic E-state index is 12.5. The minimum Gasteiger partial charge on any atom is -0.368 e. The molecule has 3 aliphatic rings. The lowest BCUT2D eigenvalue weighted by Gasteiger charge is -2.37. The summed E-state index contributed by atoms with van der Waals surface area (Å²) in [6.07, 6.45) is 9.60. The summed E-state index contributed by atoms with van der Waals surface area (Å²) in [4.78, 5) is 23.8. The third kappa shape index (κ3) is 6.34. The number of hydrogen-bond donors (Lipinski definition) is 1. The van der Waals surface area contributed by atoms with Gasteiger partial charge in [-0.25, -0.2) is 0 Å². The van der Waals surface area contributed by atoms with Crippen molar-refractivity contribution in [3.63, 3.8) is 0 Å². The molecule has 0 aromatic carbocycles. The molecule has 0 saturated carbocycles. The standard InChI is InChI=1S/C21H39N5O2/c1-22-21(23-10-4-2-5-11-24-12-6-3-7-13-24)26-16-14-25(15-17-26)20(27)19-9-8-18-28-19/h19H,2-18H2,1H3,(H,22,23). The SMILES string of the molecule is CN=C(NCCCCCN1CCCCC1)N1CCN(C(=O)C2CCCO2)CC1. The molecule has 3 saturated heterocycles. The number of ether oxygens (including phenoxy) is 1. The van der Waals surface area contributed by atoms with Crippen LogP contribution in [0.4, 0.5) is 0 Å². The van der Waals surface area contributed by atoms with Gasteiger partial charge in [0.2, 0.25) is 0 Å². The zero-order valence-corrected chi connectivity index (χ0v) is 17.7. The number of unbranched alkanes of at least 4 members (excludes halogenated alkanes) is 2. The fourth-order valence-corrected chi connectivity index (χ4v) is 4.47. The number of piperazine rings is 1. The highest BCUT2D eigenvalue weighted by molar-refractivity contribution is 5.82. The minimum atomic E-state index is -0.200. The molecule has 160 valence electrons. The van der Waals surface area contributed by atoms with Crippen LogP contribution in [0.3, 0.4) is 0 Å². The Labute approximate surface area is 170 Å². The molecule has 1 N–H and O–H groups in total. The van der Waals surface area contributed by atoms with Crippen molar-refractivity contribution in [1.29, 1.82) is 0 Å². The van der Waals surface area contributed by atoms with E-state index in [1.165, 1.54) is 58.2 Å². The van der Waals surface area contributed by atoms with E-state index in [1.807, 2.05) is 11.9 Å². The number of nitrogens with one attached hydrogen (secondary N) is 1. The molecule has 0 aromatic rings. The van der Waals surface area contributed by atoms with Crippen LogP contribution in [0.1, 0.15) is 51.4 Å². The maximum atomic E-state index is 12.5. The number of guanidine groups is 1. The Morgan fingerprint density at radius 2 is 1.71 bits per heavy atom. The molecule has 3 aliphatic heterocycles. The largest absolute Gasteiger partial charge is 0.368 e. The predicted octanol–water partition coefficient (Wildman–Crippen LogP) is 1.54. The Kier molecular flexibility index (Phi) is 8.86. The van der Waals surface area contributed by atoms with Gasteiger partial charge in [-0.05, 0) is 58.2 Å². The van der Waals surface area contributed by atoms with Crippen molar-refractivity contribution in [2.45, 2.75) is 57.5 Å². The lowest BCUT2D eigenvalue weighted by Crippen LogP contribution is -2.55. The van der Waals surface area contributed by atoms with Crippen molar-refractivity contribution in [3.05, 3.63) is 0 Å². The number of aliphatic imine (C=N–C) groups is 1. The first-order valence-electron chi connectivity index (χ1n) is 11.4. The third-order valence-electron chi connectivity index (χ3n) is 6.19. The maximum Gasteiger partial charge on any atom is 0.251 e. The summed E-state index contributed by atoms with van der Waals surface area (Å²) in [5.41, 5.74) is 0.